The Morgan fingerprint density at radius 3 is 2.50 bits per heavy atom. The molecular formula is C21H14FNO2S. The first-order valence-electron chi connectivity index (χ1n) is 8.10. The standard InChI is InChI=1S/C21H14FNO2S/c22-18-11-4-2-7-16(18)13-23-20(24)19(26-21(23)25)12-15-9-5-8-14-6-1-3-10-17(14)15/h1-12H,13H2/b19-12-. The zero-order valence-corrected chi connectivity index (χ0v) is 14.5. The largest absolute Gasteiger partial charge is 0.293 e. The van der Waals surface area contributed by atoms with E-state index in [0.717, 1.165) is 33.0 Å². The number of rotatable bonds is 3. The lowest BCUT2D eigenvalue weighted by atomic mass is 10.0. The monoisotopic (exact) mass is 363 g/mol. The van der Waals surface area contributed by atoms with Crippen molar-refractivity contribution in [3.05, 3.63) is 88.6 Å². The number of hydrogen-bond donors (Lipinski definition) is 0. The fourth-order valence-electron chi connectivity index (χ4n) is 2.95. The molecule has 128 valence electrons. The quantitative estimate of drug-likeness (QED) is 0.599. The number of nitrogens with zero attached hydrogens (tertiary/aromatic N) is 1. The van der Waals surface area contributed by atoms with Gasteiger partial charge in [0.15, 0.2) is 0 Å². The molecule has 0 spiro atoms. The molecule has 0 atom stereocenters. The molecule has 0 aromatic heterocycles. The van der Waals surface area contributed by atoms with E-state index in [4.69, 9.17) is 0 Å². The molecule has 0 saturated carbocycles. The lowest BCUT2D eigenvalue weighted by Crippen LogP contribution is -2.27. The highest BCUT2D eigenvalue weighted by Crippen LogP contribution is 2.34. The third-order valence-electron chi connectivity index (χ3n) is 4.27. The molecule has 0 unspecified atom stereocenters. The van der Waals surface area contributed by atoms with Crippen LogP contribution in [0.5, 0.6) is 0 Å². The molecule has 1 aliphatic rings. The summed E-state index contributed by atoms with van der Waals surface area (Å²) in [5.41, 5.74) is 1.20. The average Bonchev–Trinajstić information content (AvgIpc) is 2.91. The molecule has 3 aromatic rings. The number of thioether (sulfide) groups is 1. The molecule has 3 aromatic carbocycles. The van der Waals surface area contributed by atoms with Crippen molar-refractivity contribution in [2.24, 2.45) is 0 Å². The minimum Gasteiger partial charge on any atom is -0.268 e. The second-order valence-electron chi connectivity index (χ2n) is 5.93. The number of carbonyl (C=O) groups excluding carboxylic acids is 2. The van der Waals surface area contributed by atoms with Crippen molar-refractivity contribution in [2.75, 3.05) is 0 Å². The van der Waals surface area contributed by atoms with Gasteiger partial charge in [0.05, 0.1) is 11.4 Å². The van der Waals surface area contributed by atoms with Crippen molar-refractivity contribution in [3.63, 3.8) is 0 Å². The maximum absolute atomic E-state index is 13.8. The van der Waals surface area contributed by atoms with Gasteiger partial charge in [-0.05, 0) is 40.2 Å². The van der Waals surface area contributed by atoms with Gasteiger partial charge >= 0.3 is 0 Å². The Morgan fingerprint density at radius 1 is 0.923 bits per heavy atom. The molecule has 0 bridgehead atoms. The van der Waals surface area contributed by atoms with Crippen LogP contribution >= 0.6 is 11.8 Å². The molecule has 1 aliphatic heterocycles. The fourth-order valence-corrected chi connectivity index (χ4v) is 3.78. The van der Waals surface area contributed by atoms with E-state index in [0.29, 0.717) is 10.5 Å². The van der Waals surface area contributed by atoms with Crippen molar-refractivity contribution in [2.45, 2.75) is 6.54 Å². The van der Waals surface area contributed by atoms with Crippen molar-refractivity contribution >= 4 is 39.8 Å². The Labute approximate surface area is 154 Å². The molecule has 5 heteroatoms. The highest BCUT2D eigenvalue weighted by Gasteiger charge is 2.35. The first-order valence-corrected chi connectivity index (χ1v) is 8.92. The molecule has 0 N–H and O–H groups in total. The van der Waals surface area contributed by atoms with Crippen LogP contribution in [-0.2, 0) is 11.3 Å². The van der Waals surface area contributed by atoms with Gasteiger partial charge in [-0.1, -0.05) is 60.7 Å². The van der Waals surface area contributed by atoms with Crippen LogP contribution < -0.4 is 0 Å². The first-order chi connectivity index (χ1) is 12.6. The molecule has 1 fully saturated rings. The SMILES string of the molecule is O=C1S/C(=C\c2cccc3ccccc23)C(=O)N1Cc1ccccc1F. The van der Waals surface area contributed by atoms with Gasteiger partial charge in [-0.25, -0.2) is 4.39 Å². The molecular weight excluding hydrogens is 349 g/mol. The zero-order chi connectivity index (χ0) is 18.1. The summed E-state index contributed by atoms with van der Waals surface area (Å²) in [5.74, 6) is -0.819. The lowest BCUT2D eigenvalue weighted by Gasteiger charge is -2.12. The molecule has 3 nitrogen and oxygen atoms in total. The van der Waals surface area contributed by atoms with Crippen LogP contribution in [0, 0.1) is 5.82 Å². The Kier molecular flexibility index (Phi) is 4.31. The normalized spacial score (nSPS) is 16.0. The molecule has 26 heavy (non-hydrogen) atoms. The van der Waals surface area contributed by atoms with E-state index in [-0.39, 0.29) is 11.8 Å². The Bertz CT molecular complexity index is 1060. The van der Waals surface area contributed by atoms with Gasteiger partial charge in [0, 0.05) is 5.56 Å². The molecule has 1 heterocycles. The molecule has 4 rings (SSSR count). The highest BCUT2D eigenvalue weighted by atomic mass is 32.2. The maximum Gasteiger partial charge on any atom is 0.293 e. The van der Waals surface area contributed by atoms with Crippen LogP contribution in [0.3, 0.4) is 0 Å². The van der Waals surface area contributed by atoms with Gasteiger partial charge in [0.1, 0.15) is 5.82 Å². The summed E-state index contributed by atoms with van der Waals surface area (Å²) in [6.45, 7) is -0.0653. The number of benzene rings is 3. The van der Waals surface area contributed by atoms with Crippen LogP contribution in [0.15, 0.2) is 71.6 Å². The summed E-state index contributed by atoms with van der Waals surface area (Å²) in [7, 11) is 0. The summed E-state index contributed by atoms with van der Waals surface area (Å²) in [6, 6.07) is 19.8. The van der Waals surface area contributed by atoms with E-state index in [1.54, 1.807) is 24.3 Å². The minimum absolute atomic E-state index is 0.0653. The van der Waals surface area contributed by atoms with Gasteiger partial charge in [-0.15, -0.1) is 0 Å². The topological polar surface area (TPSA) is 37.4 Å². The van der Waals surface area contributed by atoms with Crippen molar-refractivity contribution in [3.8, 4) is 0 Å². The number of halogens is 1. The summed E-state index contributed by atoms with van der Waals surface area (Å²) < 4.78 is 13.8. The molecule has 0 aliphatic carbocycles. The minimum atomic E-state index is -0.426. The number of imide groups is 1. The molecule has 2 amide bonds. The molecule has 0 radical (unpaired) electrons. The lowest BCUT2D eigenvalue weighted by molar-refractivity contribution is -0.123. The summed E-state index contributed by atoms with van der Waals surface area (Å²) in [5, 5.41) is 1.69. The Hall–Kier alpha value is -2.92. The smallest absolute Gasteiger partial charge is 0.268 e. The van der Waals surface area contributed by atoms with E-state index < -0.39 is 11.7 Å². The van der Waals surface area contributed by atoms with Crippen LogP contribution in [-0.4, -0.2) is 16.0 Å². The Balaban J connectivity index is 1.66. The van der Waals surface area contributed by atoms with Gasteiger partial charge < -0.3 is 0 Å². The number of fused-ring (bicyclic) bond motifs is 1. The van der Waals surface area contributed by atoms with Crippen LogP contribution in [0.4, 0.5) is 9.18 Å². The highest BCUT2D eigenvalue weighted by molar-refractivity contribution is 8.18. The predicted molar refractivity (Wildman–Crippen MR) is 102 cm³/mol. The van der Waals surface area contributed by atoms with Crippen molar-refractivity contribution < 1.29 is 14.0 Å². The van der Waals surface area contributed by atoms with E-state index in [2.05, 4.69) is 0 Å². The molecule has 1 saturated heterocycles. The number of amides is 2. The average molecular weight is 363 g/mol. The van der Waals surface area contributed by atoms with Crippen LogP contribution in [0.25, 0.3) is 16.8 Å². The predicted octanol–water partition coefficient (Wildman–Crippen LogP) is 5.22. The zero-order valence-electron chi connectivity index (χ0n) is 13.7. The second-order valence-corrected chi connectivity index (χ2v) is 6.92. The van der Waals surface area contributed by atoms with Crippen molar-refractivity contribution in [1.82, 2.24) is 4.90 Å². The van der Waals surface area contributed by atoms with E-state index in [9.17, 15) is 14.0 Å². The van der Waals surface area contributed by atoms with Gasteiger partial charge in [-0.3, -0.25) is 14.5 Å². The summed E-state index contributed by atoms with van der Waals surface area (Å²) in [6.07, 6.45) is 1.73. The first kappa shape index (κ1) is 16.5. The Morgan fingerprint density at radius 2 is 1.65 bits per heavy atom. The maximum atomic E-state index is 13.8. The van der Waals surface area contributed by atoms with Gasteiger partial charge in [0.25, 0.3) is 11.1 Å². The number of carbonyl (C=O) groups is 2. The van der Waals surface area contributed by atoms with Crippen LogP contribution in [0.1, 0.15) is 11.1 Å². The van der Waals surface area contributed by atoms with E-state index >= 15 is 0 Å². The van der Waals surface area contributed by atoms with Gasteiger partial charge in [0.2, 0.25) is 0 Å². The third kappa shape index (κ3) is 3.02. The van der Waals surface area contributed by atoms with Crippen LogP contribution in [0.2, 0.25) is 0 Å². The van der Waals surface area contributed by atoms with Crippen molar-refractivity contribution in [1.29, 1.82) is 0 Å². The van der Waals surface area contributed by atoms with E-state index in [1.807, 2.05) is 42.5 Å². The van der Waals surface area contributed by atoms with E-state index in [1.165, 1.54) is 6.07 Å². The number of hydrogen-bond acceptors (Lipinski definition) is 3. The van der Waals surface area contributed by atoms with Gasteiger partial charge in [-0.2, -0.15) is 0 Å². The third-order valence-corrected chi connectivity index (χ3v) is 5.18. The second kappa shape index (κ2) is 6.77. The summed E-state index contributed by atoms with van der Waals surface area (Å²) in [4.78, 5) is 26.4. The summed E-state index contributed by atoms with van der Waals surface area (Å²) >= 11 is 0.886. The fraction of sp³-hybridized carbons (Fsp3) is 0.0476.